The number of carbonyl (C=O) groups excluding carboxylic acids is 1. The van der Waals surface area contributed by atoms with E-state index in [-0.39, 0.29) is 5.78 Å². The van der Waals surface area contributed by atoms with Crippen molar-refractivity contribution in [2.75, 3.05) is 12.5 Å². The highest BCUT2D eigenvalue weighted by molar-refractivity contribution is 8.22. The first-order valence-electron chi connectivity index (χ1n) is 6.41. The van der Waals surface area contributed by atoms with Crippen LogP contribution in [0, 0.1) is 0 Å². The van der Waals surface area contributed by atoms with Crippen LogP contribution in [0.25, 0.3) is 0 Å². The summed E-state index contributed by atoms with van der Waals surface area (Å²) in [4.78, 5) is 14.7. The molecule has 0 unspecified atom stereocenters. The van der Waals surface area contributed by atoms with Gasteiger partial charge in [0.2, 0.25) is 5.78 Å². The van der Waals surface area contributed by atoms with E-state index in [0.29, 0.717) is 0 Å². The minimum absolute atomic E-state index is 0.0863. The van der Waals surface area contributed by atoms with Gasteiger partial charge in [-0.05, 0) is 24.6 Å². The van der Waals surface area contributed by atoms with Gasteiger partial charge in [-0.25, -0.2) is 0 Å². The van der Waals surface area contributed by atoms with Gasteiger partial charge in [0, 0.05) is 10.5 Å². The molecule has 0 aliphatic heterocycles. The van der Waals surface area contributed by atoms with Crippen molar-refractivity contribution < 1.29 is 4.79 Å². The Morgan fingerprint density at radius 3 is 1.86 bits per heavy atom. The molecule has 108 valence electrons. The average molecular weight is 333 g/mol. The number of hydrogen-bond acceptors (Lipinski definition) is 4. The van der Waals surface area contributed by atoms with Gasteiger partial charge in [-0.2, -0.15) is 0 Å². The normalized spacial score (nSPS) is 10.2. The lowest BCUT2D eigenvalue weighted by atomic mass is 10.1. The lowest BCUT2D eigenvalue weighted by Gasteiger charge is -2.11. The fourth-order valence-corrected chi connectivity index (χ4v) is 4.57. The predicted octanol–water partition coefficient (Wildman–Crippen LogP) is 5.56. The van der Waals surface area contributed by atoms with Crippen molar-refractivity contribution in [1.29, 1.82) is 0 Å². The van der Waals surface area contributed by atoms with Gasteiger partial charge in [0.15, 0.2) is 0 Å². The Morgan fingerprint density at radius 1 is 0.810 bits per heavy atom. The second kappa shape index (κ2) is 8.37. The molecule has 0 saturated carbocycles. The van der Waals surface area contributed by atoms with Crippen LogP contribution < -0.4 is 0 Å². The molecule has 0 amide bonds. The van der Waals surface area contributed by atoms with Gasteiger partial charge in [0.1, 0.15) is 0 Å². The maximum atomic E-state index is 12.8. The summed E-state index contributed by atoms with van der Waals surface area (Å²) in [5.41, 5.74) is 0.733. The molecule has 1 nitrogen and oxygen atoms in total. The SMILES string of the molecule is CSC(SC)=C(Sc1ccccc1)C(=O)c1ccccc1. The average Bonchev–Trinajstić information content (AvgIpc) is 2.56. The van der Waals surface area contributed by atoms with Crippen molar-refractivity contribution in [3.63, 3.8) is 0 Å². The van der Waals surface area contributed by atoms with Crippen LogP contribution in [0.3, 0.4) is 0 Å². The van der Waals surface area contributed by atoms with E-state index in [4.69, 9.17) is 0 Å². The first kappa shape index (κ1) is 16.3. The molecule has 0 radical (unpaired) electrons. The molecule has 0 aliphatic carbocycles. The molecule has 4 heteroatoms. The molecule has 0 fully saturated rings. The van der Waals surface area contributed by atoms with E-state index in [1.165, 1.54) is 11.8 Å². The summed E-state index contributed by atoms with van der Waals surface area (Å²) in [5.74, 6) is 0.0863. The van der Waals surface area contributed by atoms with Gasteiger partial charge in [-0.1, -0.05) is 60.3 Å². The second-order valence-corrected chi connectivity index (χ2v) is 7.11. The topological polar surface area (TPSA) is 17.1 Å². The Kier molecular flexibility index (Phi) is 6.49. The van der Waals surface area contributed by atoms with Crippen LogP contribution in [0.1, 0.15) is 10.4 Å². The third-order valence-electron chi connectivity index (χ3n) is 2.76. The highest BCUT2D eigenvalue weighted by atomic mass is 32.2. The van der Waals surface area contributed by atoms with Crippen LogP contribution in [-0.4, -0.2) is 18.3 Å². The van der Waals surface area contributed by atoms with E-state index in [1.54, 1.807) is 23.5 Å². The van der Waals surface area contributed by atoms with Crippen molar-refractivity contribution in [2.45, 2.75) is 4.90 Å². The van der Waals surface area contributed by atoms with Crippen molar-refractivity contribution in [1.82, 2.24) is 0 Å². The Bertz CT molecular complexity index is 615. The van der Waals surface area contributed by atoms with Crippen molar-refractivity contribution >= 4 is 41.1 Å². The summed E-state index contributed by atoms with van der Waals surface area (Å²) in [7, 11) is 0. The van der Waals surface area contributed by atoms with Gasteiger partial charge in [-0.15, -0.1) is 23.5 Å². The van der Waals surface area contributed by atoms with Crippen LogP contribution in [0.15, 0.2) is 74.7 Å². The van der Waals surface area contributed by atoms with Gasteiger partial charge < -0.3 is 0 Å². The third-order valence-corrected chi connectivity index (χ3v) is 6.27. The zero-order valence-electron chi connectivity index (χ0n) is 11.9. The molecular weight excluding hydrogens is 316 g/mol. The van der Waals surface area contributed by atoms with E-state index in [2.05, 4.69) is 0 Å². The molecule has 2 aromatic rings. The second-order valence-electron chi connectivity index (χ2n) is 4.14. The molecule has 0 saturated heterocycles. The van der Waals surface area contributed by atoms with Crippen molar-refractivity contribution in [3.05, 3.63) is 75.4 Å². The summed E-state index contributed by atoms with van der Waals surface area (Å²) in [6.45, 7) is 0. The maximum Gasteiger partial charge on any atom is 0.201 e. The van der Waals surface area contributed by atoms with E-state index >= 15 is 0 Å². The third kappa shape index (κ3) is 4.43. The zero-order chi connectivity index (χ0) is 15.1. The monoisotopic (exact) mass is 332 g/mol. The Morgan fingerprint density at radius 2 is 1.33 bits per heavy atom. The first-order chi connectivity index (χ1) is 10.3. The van der Waals surface area contributed by atoms with Crippen molar-refractivity contribution in [2.24, 2.45) is 0 Å². The number of Topliss-reactive ketones (excluding diaryl/α,β-unsaturated/α-hetero) is 1. The fourth-order valence-electron chi connectivity index (χ4n) is 1.78. The van der Waals surface area contributed by atoms with Gasteiger partial charge >= 0.3 is 0 Å². The van der Waals surface area contributed by atoms with E-state index in [0.717, 1.165) is 19.6 Å². The summed E-state index contributed by atoms with van der Waals surface area (Å²) in [5, 5.41) is 0. The highest BCUT2D eigenvalue weighted by Crippen LogP contribution is 2.39. The lowest BCUT2D eigenvalue weighted by molar-refractivity contribution is 0.104. The Balaban J connectivity index is 2.38. The largest absolute Gasteiger partial charge is 0.288 e. The van der Waals surface area contributed by atoms with Gasteiger partial charge in [0.05, 0.1) is 9.14 Å². The molecule has 21 heavy (non-hydrogen) atoms. The highest BCUT2D eigenvalue weighted by Gasteiger charge is 2.18. The molecule has 0 atom stereocenters. The quantitative estimate of drug-likeness (QED) is 0.391. The van der Waals surface area contributed by atoms with E-state index in [9.17, 15) is 4.79 Å². The number of carbonyl (C=O) groups is 1. The summed E-state index contributed by atoms with van der Waals surface area (Å²) < 4.78 is 1.05. The number of allylic oxidation sites excluding steroid dienone is 1. The van der Waals surface area contributed by atoms with Crippen LogP contribution in [0.4, 0.5) is 0 Å². The molecule has 0 bridgehead atoms. The van der Waals surface area contributed by atoms with Crippen LogP contribution >= 0.6 is 35.3 Å². The molecule has 0 spiro atoms. The molecule has 0 aliphatic rings. The molecular formula is C17H16OS3. The summed E-state index contributed by atoms with van der Waals surface area (Å²) in [6, 6.07) is 19.5. The molecule has 0 N–H and O–H groups in total. The molecule has 2 aromatic carbocycles. The van der Waals surface area contributed by atoms with Crippen LogP contribution in [0.2, 0.25) is 0 Å². The number of thioether (sulfide) groups is 3. The number of ketones is 1. The van der Waals surface area contributed by atoms with Gasteiger partial charge in [-0.3, -0.25) is 4.79 Å². The lowest BCUT2D eigenvalue weighted by Crippen LogP contribution is -2.02. The number of rotatable bonds is 6. The molecule has 0 aromatic heterocycles. The fraction of sp³-hybridized carbons (Fsp3) is 0.118. The Hall–Kier alpha value is -1.10. The minimum Gasteiger partial charge on any atom is -0.288 e. The zero-order valence-corrected chi connectivity index (χ0v) is 14.4. The maximum absolute atomic E-state index is 12.8. The van der Waals surface area contributed by atoms with Gasteiger partial charge in [0.25, 0.3) is 0 Å². The molecule has 0 heterocycles. The standard InChI is InChI=1S/C17H16OS3/c1-19-17(20-2)16(21-14-11-7-4-8-12-14)15(18)13-9-5-3-6-10-13/h3-12H,1-2H3. The number of benzene rings is 2. The van der Waals surface area contributed by atoms with Crippen LogP contribution in [0.5, 0.6) is 0 Å². The molecule has 2 rings (SSSR count). The van der Waals surface area contributed by atoms with Crippen LogP contribution in [-0.2, 0) is 0 Å². The van der Waals surface area contributed by atoms with E-state index < -0.39 is 0 Å². The minimum atomic E-state index is 0.0863. The summed E-state index contributed by atoms with van der Waals surface area (Å²) in [6.07, 6.45) is 4.02. The predicted molar refractivity (Wildman–Crippen MR) is 97.1 cm³/mol. The first-order valence-corrected chi connectivity index (χ1v) is 9.67. The number of hydrogen-bond donors (Lipinski definition) is 0. The summed E-state index contributed by atoms with van der Waals surface area (Å²) >= 11 is 4.78. The smallest absolute Gasteiger partial charge is 0.201 e. The van der Waals surface area contributed by atoms with Crippen molar-refractivity contribution in [3.8, 4) is 0 Å². The van der Waals surface area contributed by atoms with E-state index in [1.807, 2.05) is 73.2 Å². The Labute approximate surface area is 138 Å².